The highest BCUT2D eigenvalue weighted by molar-refractivity contribution is 7.14. The summed E-state index contributed by atoms with van der Waals surface area (Å²) in [7, 11) is 0. The van der Waals surface area contributed by atoms with Crippen LogP contribution in [0, 0.1) is 6.92 Å². The van der Waals surface area contributed by atoms with Crippen LogP contribution in [0.5, 0.6) is 5.75 Å². The Morgan fingerprint density at radius 2 is 2.09 bits per heavy atom. The van der Waals surface area contributed by atoms with Crippen molar-refractivity contribution >= 4 is 23.2 Å². The fourth-order valence-corrected chi connectivity index (χ4v) is 3.41. The monoisotopic (exact) mass is 333 g/mol. The van der Waals surface area contributed by atoms with Crippen LogP contribution in [-0.4, -0.2) is 34.8 Å². The first-order valence-corrected chi connectivity index (χ1v) is 7.83. The van der Waals surface area contributed by atoms with E-state index in [0.29, 0.717) is 21.8 Å². The zero-order valence-corrected chi connectivity index (χ0v) is 13.1. The van der Waals surface area contributed by atoms with Crippen LogP contribution in [-0.2, 0) is 0 Å². The number of rotatable bonds is 3. The molecule has 2 atom stereocenters. The standard InChI is InChI=1S/C16H15NO5S/c1-8-10(6-13(23-8)16(20)21)15(19)17-14-9-4-2-3-5-12(9)22-7-11(14)18/h2-6,11,14,18H,7H2,1H3,(H,17,19)(H,20,21)/t11-,14+/m1/s1. The Labute approximate surface area is 136 Å². The molecule has 1 amide bonds. The third-order valence-electron chi connectivity index (χ3n) is 3.71. The zero-order chi connectivity index (χ0) is 16.6. The zero-order valence-electron chi connectivity index (χ0n) is 12.3. The first-order valence-electron chi connectivity index (χ1n) is 7.01. The number of fused-ring (bicyclic) bond motifs is 1. The lowest BCUT2D eigenvalue weighted by Gasteiger charge is -2.31. The van der Waals surface area contributed by atoms with Crippen molar-refractivity contribution < 1.29 is 24.5 Å². The van der Waals surface area contributed by atoms with Gasteiger partial charge in [-0.2, -0.15) is 0 Å². The number of aliphatic hydroxyl groups excluding tert-OH is 1. The summed E-state index contributed by atoms with van der Waals surface area (Å²) < 4.78 is 5.44. The van der Waals surface area contributed by atoms with Gasteiger partial charge in [0.25, 0.3) is 5.91 Å². The molecule has 0 saturated carbocycles. The summed E-state index contributed by atoms with van der Waals surface area (Å²) in [6, 6.07) is 7.94. The summed E-state index contributed by atoms with van der Waals surface area (Å²) in [4.78, 5) is 24.2. The molecular weight excluding hydrogens is 318 g/mol. The molecule has 1 aromatic carbocycles. The molecule has 0 radical (unpaired) electrons. The van der Waals surface area contributed by atoms with Gasteiger partial charge in [0.2, 0.25) is 0 Å². The average Bonchev–Trinajstić information content (AvgIpc) is 2.92. The van der Waals surface area contributed by atoms with Gasteiger partial charge < -0.3 is 20.3 Å². The van der Waals surface area contributed by atoms with Gasteiger partial charge >= 0.3 is 5.97 Å². The Kier molecular flexibility index (Phi) is 4.06. The number of thiophene rings is 1. The highest BCUT2D eigenvalue weighted by Crippen LogP contribution is 2.32. The summed E-state index contributed by atoms with van der Waals surface area (Å²) in [5.74, 6) is -0.850. The first-order chi connectivity index (χ1) is 11.0. The Bertz CT molecular complexity index is 770. The number of hydrogen-bond donors (Lipinski definition) is 3. The van der Waals surface area contributed by atoms with Crippen LogP contribution in [0.15, 0.2) is 30.3 Å². The van der Waals surface area contributed by atoms with Crippen LogP contribution in [0.2, 0.25) is 0 Å². The van der Waals surface area contributed by atoms with E-state index >= 15 is 0 Å². The molecule has 6 nitrogen and oxygen atoms in total. The second kappa shape index (κ2) is 6.02. The van der Waals surface area contributed by atoms with Crippen molar-refractivity contribution in [2.45, 2.75) is 19.1 Å². The van der Waals surface area contributed by atoms with Crippen molar-refractivity contribution in [1.82, 2.24) is 5.32 Å². The van der Waals surface area contributed by atoms with Crippen LogP contribution >= 0.6 is 11.3 Å². The van der Waals surface area contributed by atoms with E-state index in [1.807, 2.05) is 6.07 Å². The van der Waals surface area contributed by atoms with E-state index in [2.05, 4.69) is 5.32 Å². The van der Waals surface area contributed by atoms with Crippen molar-refractivity contribution in [1.29, 1.82) is 0 Å². The molecule has 0 fully saturated rings. The van der Waals surface area contributed by atoms with Gasteiger partial charge in [-0.1, -0.05) is 18.2 Å². The molecule has 0 aliphatic carbocycles. The van der Waals surface area contributed by atoms with Crippen LogP contribution in [0.4, 0.5) is 0 Å². The lowest BCUT2D eigenvalue weighted by atomic mass is 9.98. The number of aryl methyl sites for hydroxylation is 1. The minimum absolute atomic E-state index is 0.0882. The molecular formula is C16H15NO5S. The molecule has 1 aromatic heterocycles. The quantitative estimate of drug-likeness (QED) is 0.798. The molecule has 23 heavy (non-hydrogen) atoms. The molecule has 3 rings (SSSR count). The molecule has 2 aromatic rings. The van der Waals surface area contributed by atoms with E-state index < -0.39 is 24.0 Å². The highest BCUT2D eigenvalue weighted by Gasteiger charge is 2.31. The van der Waals surface area contributed by atoms with E-state index in [4.69, 9.17) is 9.84 Å². The Hall–Kier alpha value is -2.38. The number of carbonyl (C=O) groups excluding carboxylic acids is 1. The van der Waals surface area contributed by atoms with Crippen LogP contribution in [0.3, 0.4) is 0 Å². The van der Waals surface area contributed by atoms with Gasteiger partial charge in [-0.05, 0) is 19.1 Å². The Morgan fingerprint density at radius 3 is 2.78 bits per heavy atom. The van der Waals surface area contributed by atoms with Gasteiger partial charge in [-0.15, -0.1) is 11.3 Å². The molecule has 2 heterocycles. The van der Waals surface area contributed by atoms with Gasteiger partial charge in [-0.25, -0.2) is 4.79 Å². The number of hydrogen-bond acceptors (Lipinski definition) is 5. The van der Waals surface area contributed by atoms with Gasteiger partial charge in [0.05, 0.1) is 11.6 Å². The maximum absolute atomic E-state index is 12.5. The molecule has 0 saturated heterocycles. The molecule has 3 N–H and O–H groups in total. The second-order valence-corrected chi connectivity index (χ2v) is 6.51. The van der Waals surface area contributed by atoms with Gasteiger partial charge in [0.15, 0.2) is 0 Å². The Balaban J connectivity index is 1.87. The minimum Gasteiger partial charge on any atom is -0.490 e. The molecule has 0 unspecified atom stereocenters. The summed E-state index contributed by atoms with van der Waals surface area (Å²) >= 11 is 1.05. The molecule has 1 aliphatic rings. The number of aliphatic hydroxyl groups is 1. The normalized spacial score (nSPS) is 19.6. The molecule has 120 valence electrons. The number of benzene rings is 1. The maximum atomic E-state index is 12.5. The third kappa shape index (κ3) is 2.93. The largest absolute Gasteiger partial charge is 0.490 e. The maximum Gasteiger partial charge on any atom is 0.345 e. The van der Waals surface area contributed by atoms with E-state index in [1.54, 1.807) is 25.1 Å². The lowest BCUT2D eigenvalue weighted by Crippen LogP contribution is -2.42. The highest BCUT2D eigenvalue weighted by atomic mass is 32.1. The van der Waals surface area contributed by atoms with Crippen molar-refractivity contribution in [3.63, 3.8) is 0 Å². The van der Waals surface area contributed by atoms with E-state index in [9.17, 15) is 14.7 Å². The minimum atomic E-state index is -1.06. The summed E-state index contributed by atoms with van der Waals surface area (Å²) in [6.07, 6.45) is -0.869. The summed E-state index contributed by atoms with van der Waals surface area (Å²) in [5.41, 5.74) is 1.01. The molecule has 1 aliphatic heterocycles. The van der Waals surface area contributed by atoms with Crippen molar-refractivity contribution in [3.8, 4) is 5.75 Å². The number of ether oxygens (including phenoxy) is 1. The predicted molar refractivity (Wildman–Crippen MR) is 84.2 cm³/mol. The fourth-order valence-electron chi connectivity index (χ4n) is 2.55. The van der Waals surface area contributed by atoms with Crippen LogP contribution < -0.4 is 10.1 Å². The Morgan fingerprint density at radius 1 is 1.35 bits per heavy atom. The van der Waals surface area contributed by atoms with E-state index in [0.717, 1.165) is 11.3 Å². The third-order valence-corrected chi connectivity index (χ3v) is 4.75. The van der Waals surface area contributed by atoms with Gasteiger partial charge in [0, 0.05) is 10.4 Å². The van der Waals surface area contributed by atoms with E-state index in [1.165, 1.54) is 6.07 Å². The fraction of sp³-hybridized carbons (Fsp3) is 0.250. The van der Waals surface area contributed by atoms with Crippen molar-refractivity contribution in [2.24, 2.45) is 0 Å². The lowest BCUT2D eigenvalue weighted by molar-refractivity contribution is 0.0502. The van der Waals surface area contributed by atoms with Crippen LogP contribution in [0.25, 0.3) is 0 Å². The van der Waals surface area contributed by atoms with Crippen molar-refractivity contribution in [3.05, 3.63) is 51.2 Å². The molecule has 0 bridgehead atoms. The van der Waals surface area contributed by atoms with Gasteiger partial charge in [0.1, 0.15) is 23.3 Å². The van der Waals surface area contributed by atoms with Crippen LogP contribution in [0.1, 0.15) is 36.5 Å². The average molecular weight is 333 g/mol. The topological polar surface area (TPSA) is 95.9 Å². The molecule has 7 heteroatoms. The predicted octanol–water partition coefficient (Wildman–Crippen LogP) is 1.98. The number of aromatic carboxylic acids is 1. The number of nitrogens with one attached hydrogen (secondary N) is 1. The van der Waals surface area contributed by atoms with Gasteiger partial charge in [-0.3, -0.25) is 4.79 Å². The van der Waals surface area contributed by atoms with Crippen molar-refractivity contribution in [2.75, 3.05) is 6.61 Å². The number of carbonyl (C=O) groups is 2. The summed E-state index contributed by atoms with van der Waals surface area (Å²) in [5, 5.41) is 21.9. The molecule has 0 spiro atoms. The number of para-hydroxylation sites is 1. The summed E-state index contributed by atoms with van der Waals surface area (Å²) in [6.45, 7) is 1.78. The SMILES string of the molecule is Cc1sc(C(=O)O)cc1C(=O)N[C@H]1c2ccccc2OC[C@H]1O. The number of carboxylic acids is 1. The number of amides is 1. The second-order valence-electron chi connectivity index (χ2n) is 5.25. The van der Waals surface area contributed by atoms with E-state index in [-0.39, 0.29) is 11.5 Å². The number of carboxylic acid groups (broad SMARTS) is 1. The smallest absolute Gasteiger partial charge is 0.345 e. The first kappa shape index (κ1) is 15.5.